The number of aromatic nitrogens is 2. The molecule has 0 spiro atoms. The van der Waals surface area contributed by atoms with Crippen LogP contribution in [0.5, 0.6) is 0 Å². The van der Waals surface area contributed by atoms with E-state index in [4.69, 9.17) is 10.8 Å². The Morgan fingerprint density at radius 1 is 1.82 bits per heavy atom. The van der Waals surface area contributed by atoms with E-state index in [0.717, 1.165) is 3.57 Å². The average molecular weight is 267 g/mol. The first-order valence-corrected chi connectivity index (χ1v) is 4.36. The van der Waals surface area contributed by atoms with Gasteiger partial charge in [-0.05, 0) is 22.6 Å². The molecule has 1 aromatic heterocycles. The van der Waals surface area contributed by atoms with Gasteiger partial charge in [-0.15, -0.1) is 0 Å². The molecule has 62 valence electrons. The van der Waals surface area contributed by atoms with Crippen LogP contribution in [0.1, 0.15) is 0 Å². The number of halogens is 1. The van der Waals surface area contributed by atoms with Crippen LogP contribution in [0.3, 0.4) is 0 Å². The Bertz CT molecular complexity index is 225. The van der Waals surface area contributed by atoms with Gasteiger partial charge in [0.15, 0.2) is 0 Å². The van der Waals surface area contributed by atoms with E-state index < -0.39 is 6.10 Å². The molecule has 0 radical (unpaired) electrons. The molecule has 0 saturated heterocycles. The van der Waals surface area contributed by atoms with Crippen molar-refractivity contribution in [3.8, 4) is 0 Å². The SMILES string of the molecule is NCC(O)Cn1cc(I)cn1. The Balaban J connectivity index is 2.50. The van der Waals surface area contributed by atoms with Gasteiger partial charge in [0, 0.05) is 12.7 Å². The topological polar surface area (TPSA) is 64.1 Å². The fraction of sp³-hybridized carbons (Fsp3) is 0.500. The van der Waals surface area contributed by atoms with E-state index in [-0.39, 0.29) is 6.54 Å². The third-order valence-corrected chi connectivity index (χ3v) is 1.83. The number of hydrogen-bond acceptors (Lipinski definition) is 3. The van der Waals surface area contributed by atoms with Crippen LogP contribution in [0, 0.1) is 3.57 Å². The molecule has 0 aromatic carbocycles. The molecule has 0 aliphatic carbocycles. The molecule has 1 unspecified atom stereocenters. The van der Waals surface area contributed by atoms with Crippen molar-refractivity contribution >= 4 is 22.6 Å². The van der Waals surface area contributed by atoms with Gasteiger partial charge in [-0.2, -0.15) is 5.10 Å². The average Bonchev–Trinajstić information content (AvgIpc) is 2.35. The van der Waals surface area contributed by atoms with Crippen LogP contribution in [0.25, 0.3) is 0 Å². The molecule has 0 aliphatic rings. The summed E-state index contributed by atoms with van der Waals surface area (Å²) in [5.74, 6) is 0. The zero-order chi connectivity index (χ0) is 8.27. The van der Waals surface area contributed by atoms with Crippen LogP contribution in [0.4, 0.5) is 0 Å². The van der Waals surface area contributed by atoms with Gasteiger partial charge in [0.1, 0.15) is 0 Å². The van der Waals surface area contributed by atoms with Gasteiger partial charge in [-0.3, -0.25) is 4.68 Å². The van der Waals surface area contributed by atoms with E-state index in [1.54, 1.807) is 10.9 Å². The van der Waals surface area contributed by atoms with E-state index in [9.17, 15) is 0 Å². The van der Waals surface area contributed by atoms with Crippen molar-refractivity contribution in [1.29, 1.82) is 0 Å². The number of aliphatic hydroxyl groups excluding tert-OH is 1. The van der Waals surface area contributed by atoms with Crippen molar-refractivity contribution in [3.63, 3.8) is 0 Å². The van der Waals surface area contributed by atoms with E-state index in [0.29, 0.717) is 6.54 Å². The van der Waals surface area contributed by atoms with Crippen molar-refractivity contribution in [1.82, 2.24) is 9.78 Å². The molecule has 0 aliphatic heterocycles. The number of rotatable bonds is 3. The maximum Gasteiger partial charge on any atom is 0.0857 e. The fourth-order valence-electron chi connectivity index (χ4n) is 0.729. The normalized spacial score (nSPS) is 13.4. The zero-order valence-corrected chi connectivity index (χ0v) is 8.10. The summed E-state index contributed by atoms with van der Waals surface area (Å²) < 4.78 is 2.74. The number of aliphatic hydroxyl groups is 1. The van der Waals surface area contributed by atoms with Crippen LogP contribution in [0.2, 0.25) is 0 Å². The molecule has 0 bridgehead atoms. The highest BCUT2D eigenvalue weighted by molar-refractivity contribution is 14.1. The van der Waals surface area contributed by atoms with Crippen molar-refractivity contribution < 1.29 is 5.11 Å². The maximum atomic E-state index is 9.13. The summed E-state index contributed by atoms with van der Waals surface area (Å²) >= 11 is 2.16. The highest BCUT2D eigenvalue weighted by Crippen LogP contribution is 2.01. The first kappa shape index (κ1) is 8.95. The van der Waals surface area contributed by atoms with Crippen molar-refractivity contribution in [2.75, 3.05) is 6.54 Å². The van der Waals surface area contributed by atoms with Gasteiger partial charge >= 0.3 is 0 Å². The molecule has 1 aromatic rings. The van der Waals surface area contributed by atoms with Crippen molar-refractivity contribution in [2.24, 2.45) is 5.73 Å². The third-order valence-electron chi connectivity index (χ3n) is 1.27. The Hall–Kier alpha value is -0.140. The minimum atomic E-state index is -0.495. The second kappa shape index (κ2) is 4.03. The van der Waals surface area contributed by atoms with E-state index >= 15 is 0 Å². The zero-order valence-electron chi connectivity index (χ0n) is 5.94. The second-order valence-electron chi connectivity index (χ2n) is 2.27. The van der Waals surface area contributed by atoms with Gasteiger partial charge < -0.3 is 10.8 Å². The summed E-state index contributed by atoms with van der Waals surface area (Å²) in [5, 5.41) is 13.1. The molecule has 0 fully saturated rings. The minimum Gasteiger partial charge on any atom is -0.390 e. The van der Waals surface area contributed by atoms with Gasteiger partial charge in [0.2, 0.25) is 0 Å². The van der Waals surface area contributed by atoms with E-state index in [1.165, 1.54) is 0 Å². The predicted molar refractivity (Wildman–Crippen MR) is 50.0 cm³/mol. The Morgan fingerprint density at radius 3 is 3.00 bits per heavy atom. The molecule has 3 N–H and O–H groups in total. The van der Waals surface area contributed by atoms with Gasteiger partial charge in [0.25, 0.3) is 0 Å². The van der Waals surface area contributed by atoms with Crippen LogP contribution >= 0.6 is 22.6 Å². The number of hydrogen-bond donors (Lipinski definition) is 2. The second-order valence-corrected chi connectivity index (χ2v) is 3.52. The lowest BCUT2D eigenvalue weighted by atomic mass is 10.4. The highest BCUT2D eigenvalue weighted by Gasteiger charge is 2.02. The molecule has 0 saturated carbocycles. The quantitative estimate of drug-likeness (QED) is 0.746. The lowest BCUT2D eigenvalue weighted by molar-refractivity contribution is 0.157. The number of nitrogens with zero attached hydrogens (tertiary/aromatic N) is 2. The smallest absolute Gasteiger partial charge is 0.0857 e. The molecule has 1 rings (SSSR count). The van der Waals surface area contributed by atoms with Crippen molar-refractivity contribution in [2.45, 2.75) is 12.6 Å². The van der Waals surface area contributed by atoms with Gasteiger partial charge in [-0.1, -0.05) is 0 Å². The summed E-state index contributed by atoms with van der Waals surface area (Å²) in [5.41, 5.74) is 5.23. The molecule has 11 heavy (non-hydrogen) atoms. The van der Waals surface area contributed by atoms with Gasteiger partial charge in [0.05, 0.1) is 22.4 Å². The lowest BCUT2D eigenvalue weighted by Crippen LogP contribution is -2.25. The molecule has 1 atom stereocenters. The highest BCUT2D eigenvalue weighted by atomic mass is 127. The molecular weight excluding hydrogens is 257 g/mol. The van der Waals surface area contributed by atoms with Crippen LogP contribution in [-0.4, -0.2) is 27.5 Å². The maximum absolute atomic E-state index is 9.13. The molecule has 5 heteroatoms. The monoisotopic (exact) mass is 267 g/mol. The van der Waals surface area contributed by atoms with E-state index in [2.05, 4.69) is 27.7 Å². The first-order chi connectivity index (χ1) is 5.22. The summed E-state index contributed by atoms with van der Waals surface area (Å²) in [6, 6.07) is 0. The molecular formula is C6H10IN3O. The molecule has 4 nitrogen and oxygen atoms in total. The summed E-state index contributed by atoms with van der Waals surface area (Å²) in [7, 11) is 0. The predicted octanol–water partition coefficient (Wildman–Crippen LogP) is -0.193. The van der Waals surface area contributed by atoms with Gasteiger partial charge in [-0.25, -0.2) is 0 Å². The first-order valence-electron chi connectivity index (χ1n) is 3.28. The minimum absolute atomic E-state index is 0.274. The summed E-state index contributed by atoms with van der Waals surface area (Å²) in [6.07, 6.45) is 3.11. The molecule has 0 amide bonds. The Morgan fingerprint density at radius 2 is 2.55 bits per heavy atom. The fourth-order valence-corrected chi connectivity index (χ4v) is 1.17. The molecule has 1 heterocycles. The largest absolute Gasteiger partial charge is 0.390 e. The lowest BCUT2D eigenvalue weighted by Gasteiger charge is -2.06. The van der Waals surface area contributed by atoms with Crippen LogP contribution < -0.4 is 5.73 Å². The summed E-state index contributed by atoms with van der Waals surface area (Å²) in [4.78, 5) is 0. The van der Waals surface area contributed by atoms with Crippen LogP contribution in [0.15, 0.2) is 12.4 Å². The van der Waals surface area contributed by atoms with E-state index in [1.807, 2.05) is 6.20 Å². The summed E-state index contributed by atoms with van der Waals surface area (Å²) in [6.45, 7) is 0.746. The van der Waals surface area contributed by atoms with Crippen molar-refractivity contribution in [3.05, 3.63) is 16.0 Å². The van der Waals surface area contributed by atoms with Crippen LogP contribution in [-0.2, 0) is 6.54 Å². The number of nitrogens with two attached hydrogens (primary N) is 1. The Labute approximate surface area is 78.5 Å². The standard InChI is InChI=1S/C6H10IN3O/c7-5-2-9-10(3-5)4-6(11)1-8/h2-3,6,11H,1,4,8H2. The third kappa shape index (κ3) is 2.76. The Kier molecular flexibility index (Phi) is 3.28.